The molecule has 2 aromatic rings. The number of aromatic nitrogens is 3. The highest BCUT2D eigenvalue weighted by Crippen LogP contribution is 2.07. The van der Waals surface area contributed by atoms with Crippen molar-refractivity contribution in [2.24, 2.45) is 0 Å². The molecule has 1 heterocycles. The molecule has 0 saturated carbocycles. The van der Waals surface area contributed by atoms with Crippen molar-refractivity contribution in [2.75, 3.05) is 6.61 Å². The summed E-state index contributed by atoms with van der Waals surface area (Å²) in [5.41, 5.74) is 0. The minimum absolute atomic E-state index is 0.585. The van der Waals surface area contributed by atoms with E-state index in [0.29, 0.717) is 13.2 Å². The first-order valence-corrected chi connectivity index (χ1v) is 4.39. The van der Waals surface area contributed by atoms with Gasteiger partial charge in [0.2, 0.25) is 0 Å². The highest BCUT2D eigenvalue weighted by molar-refractivity contribution is 5.20. The molecule has 0 atom stereocenters. The fourth-order valence-electron chi connectivity index (χ4n) is 1.08. The second-order valence-electron chi connectivity index (χ2n) is 2.77. The summed E-state index contributed by atoms with van der Waals surface area (Å²) in [6, 6.07) is 9.69. The lowest BCUT2D eigenvalue weighted by Crippen LogP contribution is -2.08. The van der Waals surface area contributed by atoms with E-state index in [1.807, 2.05) is 30.3 Å². The van der Waals surface area contributed by atoms with Crippen LogP contribution in [0.4, 0.5) is 0 Å². The molecule has 0 amide bonds. The maximum atomic E-state index is 5.48. The van der Waals surface area contributed by atoms with Gasteiger partial charge in [0.15, 0.2) is 0 Å². The number of para-hydroxylation sites is 1. The van der Waals surface area contributed by atoms with Crippen molar-refractivity contribution >= 4 is 0 Å². The number of rotatable bonds is 4. The van der Waals surface area contributed by atoms with E-state index in [4.69, 9.17) is 4.74 Å². The van der Waals surface area contributed by atoms with Crippen LogP contribution in [0.3, 0.4) is 0 Å². The van der Waals surface area contributed by atoms with Gasteiger partial charge in [-0.15, -0.1) is 5.10 Å². The largest absolute Gasteiger partial charge is 0.492 e. The van der Waals surface area contributed by atoms with Crippen LogP contribution < -0.4 is 4.74 Å². The third kappa shape index (κ3) is 2.32. The third-order valence-corrected chi connectivity index (χ3v) is 1.76. The van der Waals surface area contributed by atoms with E-state index in [1.54, 1.807) is 10.9 Å². The number of hydrogen-bond acceptors (Lipinski definition) is 3. The highest BCUT2D eigenvalue weighted by Gasteiger charge is 1.93. The van der Waals surface area contributed by atoms with Crippen LogP contribution in [-0.4, -0.2) is 21.6 Å². The van der Waals surface area contributed by atoms with Crippen LogP contribution in [0.15, 0.2) is 36.5 Å². The van der Waals surface area contributed by atoms with E-state index in [-0.39, 0.29) is 0 Å². The molecule has 1 aromatic heterocycles. The van der Waals surface area contributed by atoms with Crippen LogP contribution >= 0.6 is 0 Å². The zero-order valence-corrected chi connectivity index (χ0v) is 7.63. The maximum absolute atomic E-state index is 5.48. The Labute approximate surface area is 82.1 Å². The number of hydrogen-bond donors (Lipinski definition) is 0. The topological polar surface area (TPSA) is 39.9 Å². The summed E-state index contributed by atoms with van der Waals surface area (Å²) in [4.78, 5) is 0. The van der Waals surface area contributed by atoms with E-state index in [1.165, 1.54) is 0 Å². The summed E-state index contributed by atoms with van der Waals surface area (Å²) >= 11 is 0. The minimum Gasteiger partial charge on any atom is -0.492 e. The maximum Gasteiger partial charge on any atom is 0.134 e. The van der Waals surface area contributed by atoms with E-state index in [0.717, 1.165) is 5.75 Å². The minimum atomic E-state index is 0.585. The second kappa shape index (κ2) is 4.41. The van der Waals surface area contributed by atoms with E-state index in [2.05, 4.69) is 16.5 Å². The molecule has 0 aliphatic heterocycles. The molecular weight excluding hydrogens is 178 g/mol. The van der Waals surface area contributed by atoms with Gasteiger partial charge >= 0.3 is 0 Å². The van der Waals surface area contributed by atoms with Crippen molar-refractivity contribution in [2.45, 2.75) is 6.54 Å². The van der Waals surface area contributed by atoms with Gasteiger partial charge in [-0.05, 0) is 12.1 Å². The molecule has 0 aliphatic rings. The summed E-state index contributed by atoms with van der Waals surface area (Å²) in [6.45, 7) is 1.27. The molecule has 4 nitrogen and oxygen atoms in total. The van der Waals surface area contributed by atoms with Crippen LogP contribution in [-0.2, 0) is 6.54 Å². The van der Waals surface area contributed by atoms with Crippen molar-refractivity contribution in [3.8, 4) is 5.75 Å². The van der Waals surface area contributed by atoms with Crippen LogP contribution in [0.25, 0.3) is 0 Å². The first-order valence-electron chi connectivity index (χ1n) is 4.39. The summed E-state index contributed by atoms with van der Waals surface area (Å²) in [7, 11) is 0. The van der Waals surface area contributed by atoms with E-state index >= 15 is 0 Å². The normalized spacial score (nSPS) is 10.0. The molecule has 0 saturated heterocycles. The van der Waals surface area contributed by atoms with Gasteiger partial charge in [-0.2, -0.15) is 0 Å². The van der Waals surface area contributed by atoms with Crippen molar-refractivity contribution in [1.82, 2.24) is 15.0 Å². The molecule has 0 fully saturated rings. The van der Waals surface area contributed by atoms with Gasteiger partial charge < -0.3 is 4.74 Å². The van der Waals surface area contributed by atoms with Crippen molar-refractivity contribution in [3.05, 3.63) is 42.7 Å². The van der Waals surface area contributed by atoms with Crippen LogP contribution in [0.2, 0.25) is 0 Å². The lowest BCUT2D eigenvalue weighted by Gasteiger charge is -2.04. The molecule has 0 aliphatic carbocycles. The Morgan fingerprint density at radius 1 is 1.29 bits per heavy atom. The molecule has 14 heavy (non-hydrogen) atoms. The lowest BCUT2D eigenvalue weighted by atomic mass is 10.3. The number of benzene rings is 1. The summed E-state index contributed by atoms with van der Waals surface area (Å²) in [5, 5.41) is 7.36. The smallest absolute Gasteiger partial charge is 0.134 e. The molecule has 0 N–H and O–H groups in total. The summed E-state index contributed by atoms with van der Waals surface area (Å²) in [5.74, 6) is 0.872. The average molecular weight is 188 g/mol. The fraction of sp³-hybridized carbons (Fsp3) is 0.200. The second-order valence-corrected chi connectivity index (χ2v) is 2.77. The summed E-state index contributed by atoms with van der Waals surface area (Å²) in [6.07, 6.45) is 4.31. The summed E-state index contributed by atoms with van der Waals surface area (Å²) < 4.78 is 7.16. The lowest BCUT2D eigenvalue weighted by molar-refractivity contribution is 0.289. The molecule has 71 valence electrons. The molecule has 4 heteroatoms. The fourth-order valence-corrected chi connectivity index (χ4v) is 1.08. The zero-order chi connectivity index (χ0) is 9.64. The quantitative estimate of drug-likeness (QED) is 0.722. The zero-order valence-electron chi connectivity index (χ0n) is 7.63. The SMILES string of the molecule is [c]1cn(CCOc2ccccc2)nn1. The van der Waals surface area contributed by atoms with Crippen molar-refractivity contribution in [3.63, 3.8) is 0 Å². The Kier molecular flexibility index (Phi) is 2.76. The number of nitrogens with zero attached hydrogens (tertiary/aromatic N) is 3. The van der Waals surface area contributed by atoms with Gasteiger partial charge in [-0.25, -0.2) is 4.68 Å². The molecule has 1 aromatic carbocycles. The first kappa shape index (κ1) is 8.74. The van der Waals surface area contributed by atoms with Crippen molar-refractivity contribution < 1.29 is 4.74 Å². The first-order chi connectivity index (χ1) is 6.95. The van der Waals surface area contributed by atoms with Crippen LogP contribution in [0, 0.1) is 6.20 Å². The monoisotopic (exact) mass is 188 g/mol. The molecular formula is C10H10N3O. The van der Waals surface area contributed by atoms with Crippen molar-refractivity contribution in [1.29, 1.82) is 0 Å². The molecule has 0 spiro atoms. The van der Waals surface area contributed by atoms with Crippen LogP contribution in [0.5, 0.6) is 5.75 Å². The van der Waals surface area contributed by atoms with Gasteiger partial charge in [0.25, 0.3) is 0 Å². The Bertz CT molecular complexity index is 358. The third-order valence-electron chi connectivity index (χ3n) is 1.76. The molecule has 2 rings (SSSR count). The average Bonchev–Trinajstić information content (AvgIpc) is 2.72. The van der Waals surface area contributed by atoms with Gasteiger partial charge in [0, 0.05) is 0 Å². The van der Waals surface area contributed by atoms with Gasteiger partial charge in [0.05, 0.1) is 12.7 Å². The Morgan fingerprint density at radius 3 is 2.86 bits per heavy atom. The molecule has 1 radical (unpaired) electrons. The van der Waals surface area contributed by atoms with Crippen LogP contribution in [0.1, 0.15) is 0 Å². The van der Waals surface area contributed by atoms with Gasteiger partial charge in [0.1, 0.15) is 18.6 Å². The molecule has 0 bridgehead atoms. The Morgan fingerprint density at radius 2 is 2.14 bits per heavy atom. The Hall–Kier alpha value is -1.84. The number of ether oxygens (including phenoxy) is 1. The standard InChI is InChI=1S/C10H10N3O/c1-2-4-10(5-3-1)14-9-8-13-7-6-11-12-13/h1-5,7H,8-9H2. The predicted octanol–water partition coefficient (Wildman–Crippen LogP) is 1.16. The van der Waals surface area contributed by atoms with E-state index in [9.17, 15) is 0 Å². The van der Waals surface area contributed by atoms with Gasteiger partial charge in [-0.1, -0.05) is 23.4 Å². The van der Waals surface area contributed by atoms with E-state index < -0.39 is 0 Å². The Balaban J connectivity index is 1.79. The molecule has 0 unspecified atom stereocenters. The van der Waals surface area contributed by atoms with Gasteiger partial charge in [-0.3, -0.25) is 0 Å². The highest BCUT2D eigenvalue weighted by atomic mass is 16.5. The predicted molar refractivity (Wildman–Crippen MR) is 50.8 cm³/mol.